The van der Waals surface area contributed by atoms with E-state index in [0.717, 1.165) is 11.3 Å². The zero-order chi connectivity index (χ0) is 25.6. The quantitative estimate of drug-likeness (QED) is 0.176. The summed E-state index contributed by atoms with van der Waals surface area (Å²) < 4.78 is 19.9. The van der Waals surface area contributed by atoms with Crippen LogP contribution >= 0.6 is 0 Å². The summed E-state index contributed by atoms with van der Waals surface area (Å²) in [6.45, 7) is 15.6. The average Bonchev–Trinajstić information content (AvgIpc) is 2.71. The van der Waals surface area contributed by atoms with Crippen LogP contribution in [-0.4, -0.2) is 68.5 Å². The van der Waals surface area contributed by atoms with Gasteiger partial charge in [0, 0.05) is 17.7 Å². The number of imide groups is 1. The fraction of sp³-hybridized carbons (Fsp3) is 0.652. The highest BCUT2D eigenvalue weighted by molar-refractivity contribution is 5.88. The number of rotatable bonds is 14. The standard InChI is InChI=1S/C23H38N2O8/c1-16(2)19(26)30-10-12-32-21(28)25(15-18(5)14-23(6,7)8-9-24)22(29)33-13-11-31-20(27)17(3)4/h18H,1,3,8-15,24H2,2,4-7H3. The third-order valence-corrected chi connectivity index (χ3v) is 4.44. The summed E-state index contributed by atoms with van der Waals surface area (Å²) in [5.74, 6) is -1.29. The molecule has 10 heteroatoms. The Morgan fingerprint density at radius 3 is 1.61 bits per heavy atom. The molecular formula is C23H38N2O8. The number of amides is 2. The molecule has 2 N–H and O–H groups in total. The molecule has 0 bridgehead atoms. The first-order valence-electron chi connectivity index (χ1n) is 10.8. The molecule has 0 aliphatic carbocycles. The van der Waals surface area contributed by atoms with Gasteiger partial charge in [0.15, 0.2) is 0 Å². The summed E-state index contributed by atoms with van der Waals surface area (Å²) in [5, 5.41) is 0. The minimum Gasteiger partial charge on any atom is -0.459 e. The fourth-order valence-electron chi connectivity index (χ4n) is 2.96. The molecule has 33 heavy (non-hydrogen) atoms. The van der Waals surface area contributed by atoms with E-state index < -0.39 is 24.1 Å². The van der Waals surface area contributed by atoms with Crippen LogP contribution in [0, 0.1) is 11.3 Å². The highest BCUT2D eigenvalue weighted by atomic mass is 16.6. The lowest BCUT2D eigenvalue weighted by Gasteiger charge is -2.30. The van der Waals surface area contributed by atoms with E-state index in [1.807, 2.05) is 6.92 Å². The molecular weight excluding hydrogens is 432 g/mol. The topological polar surface area (TPSA) is 134 Å². The molecule has 0 heterocycles. The van der Waals surface area contributed by atoms with Crippen molar-refractivity contribution in [3.05, 3.63) is 24.3 Å². The lowest BCUT2D eigenvalue weighted by Crippen LogP contribution is -2.42. The number of carbonyl (C=O) groups excluding carboxylic acids is 4. The van der Waals surface area contributed by atoms with Crippen molar-refractivity contribution in [1.82, 2.24) is 4.90 Å². The van der Waals surface area contributed by atoms with Crippen LogP contribution in [0.5, 0.6) is 0 Å². The van der Waals surface area contributed by atoms with Crippen molar-refractivity contribution in [1.29, 1.82) is 0 Å². The number of esters is 2. The van der Waals surface area contributed by atoms with Crippen molar-refractivity contribution < 1.29 is 38.1 Å². The summed E-state index contributed by atoms with van der Waals surface area (Å²) >= 11 is 0. The average molecular weight is 471 g/mol. The van der Waals surface area contributed by atoms with Gasteiger partial charge in [0.2, 0.25) is 0 Å². The van der Waals surface area contributed by atoms with E-state index in [9.17, 15) is 19.2 Å². The van der Waals surface area contributed by atoms with Crippen LogP contribution < -0.4 is 5.73 Å². The van der Waals surface area contributed by atoms with Gasteiger partial charge >= 0.3 is 24.1 Å². The second kappa shape index (κ2) is 15.0. The van der Waals surface area contributed by atoms with Gasteiger partial charge in [0.25, 0.3) is 0 Å². The Morgan fingerprint density at radius 1 is 0.848 bits per heavy atom. The van der Waals surface area contributed by atoms with Crippen LogP contribution in [0.1, 0.15) is 47.5 Å². The van der Waals surface area contributed by atoms with Gasteiger partial charge in [-0.3, -0.25) is 0 Å². The lowest BCUT2D eigenvalue weighted by atomic mass is 9.80. The van der Waals surface area contributed by atoms with Crippen molar-refractivity contribution in [2.45, 2.75) is 47.5 Å². The van der Waals surface area contributed by atoms with E-state index in [2.05, 4.69) is 27.0 Å². The number of nitrogens with zero attached hydrogens (tertiary/aromatic N) is 1. The van der Waals surface area contributed by atoms with E-state index in [4.69, 9.17) is 24.7 Å². The molecule has 1 unspecified atom stereocenters. The Morgan fingerprint density at radius 2 is 1.24 bits per heavy atom. The highest BCUT2D eigenvalue weighted by Crippen LogP contribution is 2.29. The normalized spacial score (nSPS) is 11.7. The van der Waals surface area contributed by atoms with Gasteiger partial charge in [-0.05, 0) is 44.6 Å². The van der Waals surface area contributed by atoms with Crippen LogP contribution in [0.15, 0.2) is 24.3 Å². The third kappa shape index (κ3) is 13.3. The molecule has 0 rings (SSSR count). The highest BCUT2D eigenvalue weighted by Gasteiger charge is 2.29. The summed E-state index contributed by atoms with van der Waals surface area (Å²) in [6, 6.07) is 0. The number of nitrogens with two attached hydrogens (primary N) is 1. The van der Waals surface area contributed by atoms with E-state index in [0.29, 0.717) is 13.0 Å². The van der Waals surface area contributed by atoms with Crippen molar-refractivity contribution in [2.24, 2.45) is 17.1 Å². The van der Waals surface area contributed by atoms with Gasteiger partial charge in [-0.15, -0.1) is 0 Å². The van der Waals surface area contributed by atoms with Crippen LogP contribution in [-0.2, 0) is 28.5 Å². The molecule has 188 valence electrons. The maximum Gasteiger partial charge on any atom is 0.419 e. The Balaban J connectivity index is 4.98. The number of hydrogen-bond acceptors (Lipinski definition) is 9. The van der Waals surface area contributed by atoms with Gasteiger partial charge in [-0.25, -0.2) is 24.1 Å². The Labute approximate surface area is 196 Å². The molecule has 0 aliphatic heterocycles. The molecule has 0 spiro atoms. The van der Waals surface area contributed by atoms with Gasteiger partial charge in [-0.2, -0.15) is 0 Å². The molecule has 10 nitrogen and oxygen atoms in total. The van der Waals surface area contributed by atoms with Gasteiger partial charge < -0.3 is 24.7 Å². The number of carbonyl (C=O) groups is 4. The van der Waals surface area contributed by atoms with Crippen LogP contribution in [0.4, 0.5) is 9.59 Å². The molecule has 0 saturated heterocycles. The fourth-order valence-corrected chi connectivity index (χ4v) is 2.96. The van der Waals surface area contributed by atoms with E-state index in [1.54, 1.807) is 0 Å². The number of hydrogen-bond donors (Lipinski definition) is 1. The first-order valence-corrected chi connectivity index (χ1v) is 10.8. The van der Waals surface area contributed by atoms with Gasteiger partial charge in [0.1, 0.15) is 26.4 Å². The molecule has 0 saturated carbocycles. The molecule has 0 aliphatic rings. The van der Waals surface area contributed by atoms with E-state index >= 15 is 0 Å². The molecule has 0 radical (unpaired) electrons. The molecule has 0 aromatic heterocycles. The molecule has 1 atom stereocenters. The van der Waals surface area contributed by atoms with Crippen molar-refractivity contribution >= 4 is 24.1 Å². The minimum atomic E-state index is -0.936. The SMILES string of the molecule is C=C(C)C(=O)OCCOC(=O)N(CC(C)CC(C)(C)CCN)C(=O)OCCOC(=O)C(=C)C. The Bertz CT molecular complexity index is 671. The zero-order valence-electron chi connectivity index (χ0n) is 20.4. The summed E-state index contributed by atoms with van der Waals surface area (Å²) in [5.41, 5.74) is 6.01. The minimum absolute atomic E-state index is 0.0444. The van der Waals surface area contributed by atoms with E-state index in [-0.39, 0.29) is 55.5 Å². The van der Waals surface area contributed by atoms with E-state index in [1.165, 1.54) is 13.8 Å². The van der Waals surface area contributed by atoms with Crippen molar-refractivity contribution in [3.8, 4) is 0 Å². The van der Waals surface area contributed by atoms with Crippen molar-refractivity contribution in [3.63, 3.8) is 0 Å². The monoisotopic (exact) mass is 470 g/mol. The molecule has 0 fully saturated rings. The van der Waals surface area contributed by atoms with Crippen LogP contribution in [0.2, 0.25) is 0 Å². The smallest absolute Gasteiger partial charge is 0.419 e. The Hall–Kier alpha value is -2.88. The predicted octanol–water partition coefficient (Wildman–Crippen LogP) is 3.20. The molecule has 2 amide bonds. The summed E-state index contributed by atoms with van der Waals surface area (Å²) in [7, 11) is 0. The maximum absolute atomic E-state index is 12.5. The third-order valence-electron chi connectivity index (χ3n) is 4.44. The van der Waals surface area contributed by atoms with Crippen LogP contribution in [0.25, 0.3) is 0 Å². The van der Waals surface area contributed by atoms with Crippen molar-refractivity contribution in [2.75, 3.05) is 39.5 Å². The number of ether oxygens (including phenoxy) is 4. The van der Waals surface area contributed by atoms with Gasteiger partial charge in [-0.1, -0.05) is 33.9 Å². The van der Waals surface area contributed by atoms with Crippen LogP contribution in [0.3, 0.4) is 0 Å². The molecule has 0 aromatic carbocycles. The largest absolute Gasteiger partial charge is 0.459 e. The summed E-state index contributed by atoms with van der Waals surface area (Å²) in [4.78, 5) is 48.7. The second-order valence-electron chi connectivity index (χ2n) is 8.68. The molecule has 0 aromatic rings. The zero-order valence-corrected chi connectivity index (χ0v) is 20.4. The lowest BCUT2D eigenvalue weighted by molar-refractivity contribution is -0.140. The Kier molecular flexibility index (Phi) is 13.7. The maximum atomic E-state index is 12.5. The summed E-state index contributed by atoms with van der Waals surface area (Å²) in [6.07, 6.45) is -0.384. The van der Waals surface area contributed by atoms with Gasteiger partial charge in [0.05, 0.1) is 0 Å². The second-order valence-corrected chi connectivity index (χ2v) is 8.68. The predicted molar refractivity (Wildman–Crippen MR) is 122 cm³/mol. The first kappa shape index (κ1) is 30.1. The first-order chi connectivity index (χ1) is 15.3.